The van der Waals surface area contributed by atoms with Gasteiger partial charge in [-0.1, -0.05) is 12.1 Å². The van der Waals surface area contributed by atoms with Crippen LogP contribution in [0, 0.1) is 0 Å². The van der Waals surface area contributed by atoms with Crippen molar-refractivity contribution >= 4 is 12.4 Å². The van der Waals surface area contributed by atoms with E-state index in [-0.39, 0.29) is 6.61 Å². The Hall–Kier alpha value is -1.61. The molecule has 0 saturated heterocycles. The van der Waals surface area contributed by atoms with Gasteiger partial charge >= 0.3 is 0 Å². The highest BCUT2D eigenvalue weighted by Crippen LogP contribution is 2.14. The second-order valence-corrected chi connectivity index (χ2v) is 2.77. The fourth-order valence-electron chi connectivity index (χ4n) is 1.06. The minimum absolute atomic E-state index is 0.249. The predicted octanol–water partition coefficient (Wildman–Crippen LogP) is 1.27. The molecule has 0 bridgehead atoms. The van der Waals surface area contributed by atoms with Crippen LogP contribution in [0.5, 0.6) is 5.75 Å². The Morgan fingerprint density at radius 1 is 1.57 bits per heavy atom. The fraction of sp³-hybridized carbons (Fsp3) is 0.182. The molecule has 0 saturated carbocycles. The number of methoxy groups -OCH3 is 1. The van der Waals surface area contributed by atoms with E-state index >= 15 is 0 Å². The lowest BCUT2D eigenvalue weighted by Gasteiger charge is -2.00. The van der Waals surface area contributed by atoms with Crippen LogP contribution in [-0.2, 0) is 4.79 Å². The van der Waals surface area contributed by atoms with Gasteiger partial charge in [-0.25, -0.2) is 0 Å². The Balaban J connectivity index is 2.95. The summed E-state index contributed by atoms with van der Waals surface area (Å²) in [6.07, 6.45) is 2.26. The van der Waals surface area contributed by atoms with E-state index in [9.17, 15) is 4.79 Å². The molecule has 14 heavy (non-hydrogen) atoms. The quantitative estimate of drug-likeness (QED) is 0.577. The van der Waals surface area contributed by atoms with Crippen molar-refractivity contribution in [2.24, 2.45) is 0 Å². The van der Waals surface area contributed by atoms with Crippen molar-refractivity contribution in [3.63, 3.8) is 0 Å². The lowest BCUT2D eigenvalue weighted by molar-refractivity contribution is -0.105. The number of aliphatic hydroxyl groups excluding tert-OH is 1. The van der Waals surface area contributed by atoms with Gasteiger partial charge in [-0.05, 0) is 23.8 Å². The van der Waals surface area contributed by atoms with E-state index in [0.29, 0.717) is 11.9 Å². The first-order valence-electron chi connectivity index (χ1n) is 4.21. The molecule has 0 aliphatic rings. The zero-order valence-electron chi connectivity index (χ0n) is 7.93. The summed E-state index contributed by atoms with van der Waals surface area (Å²) in [5, 5.41) is 8.78. The first-order valence-corrected chi connectivity index (χ1v) is 4.21. The maximum atomic E-state index is 10.4. The van der Waals surface area contributed by atoms with E-state index in [0.717, 1.165) is 11.3 Å². The number of carbonyl (C=O) groups excluding carboxylic acids is 1. The summed E-state index contributed by atoms with van der Waals surface area (Å²) in [7, 11) is 1.58. The first kappa shape index (κ1) is 10.5. The number of hydrogen-bond acceptors (Lipinski definition) is 3. The SMILES string of the molecule is COc1cccc(C=C(C=O)CO)c1. The van der Waals surface area contributed by atoms with Crippen molar-refractivity contribution < 1.29 is 14.6 Å². The Morgan fingerprint density at radius 2 is 2.36 bits per heavy atom. The van der Waals surface area contributed by atoms with Gasteiger partial charge in [0.05, 0.1) is 13.7 Å². The largest absolute Gasteiger partial charge is 0.497 e. The van der Waals surface area contributed by atoms with Crippen LogP contribution in [0.1, 0.15) is 5.56 Å². The Kier molecular flexibility index (Phi) is 3.88. The van der Waals surface area contributed by atoms with Gasteiger partial charge in [0.25, 0.3) is 0 Å². The number of hydrogen-bond donors (Lipinski definition) is 1. The van der Waals surface area contributed by atoms with Crippen LogP contribution in [0.4, 0.5) is 0 Å². The molecular formula is C11H12O3. The van der Waals surface area contributed by atoms with Crippen molar-refractivity contribution in [3.8, 4) is 5.75 Å². The average Bonchev–Trinajstić information content (AvgIpc) is 2.26. The van der Waals surface area contributed by atoms with E-state index in [1.807, 2.05) is 18.2 Å². The third-order valence-electron chi connectivity index (χ3n) is 1.78. The molecule has 0 aromatic heterocycles. The highest BCUT2D eigenvalue weighted by molar-refractivity contribution is 5.82. The molecule has 0 unspecified atom stereocenters. The molecule has 1 aromatic rings. The maximum absolute atomic E-state index is 10.4. The third kappa shape index (κ3) is 2.71. The van der Waals surface area contributed by atoms with E-state index in [2.05, 4.69) is 0 Å². The van der Waals surface area contributed by atoms with Gasteiger partial charge in [0.1, 0.15) is 12.0 Å². The summed E-state index contributed by atoms with van der Waals surface area (Å²) in [5.74, 6) is 0.724. The minimum atomic E-state index is -0.249. The second-order valence-electron chi connectivity index (χ2n) is 2.77. The predicted molar refractivity (Wildman–Crippen MR) is 54.1 cm³/mol. The molecule has 74 valence electrons. The second kappa shape index (κ2) is 5.19. The van der Waals surface area contributed by atoms with Gasteiger partial charge in [0.2, 0.25) is 0 Å². The molecule has 0 aliphatic carbocycles. The van der Waals surface area contributed by atoms with Crippen LogP contribution in [0.25, 0.3) is 6.08 Å². The average molecular weight is 192 g/mol. The van der Waals surface area contributed by atoms with Crippen molar-refractivity contribution in [1.29, 1.82) is 0 Å². The van der Waals surface area contributed by atoms with Crippen LogP contribution < -0.4 is 4.74 Å². The number of ether oxygens (including phenoxy) is 1. The standard InChI is InChI=1S/C11H12O3/c1-14-11-4-2-3-9(6-11)5-10(7-12)8-13/h2-7,13H,8H2,1H3. The van der Waals surface area contributed by atoms with Crippen LogP contribution in [0.2, 0.25) is 0 Å². The normalized spacial score (nSPS) is 11.1. The molecule has 1 N–H and O–H groups in total. The monoisotopic (exact) mass is 192 g/mol. The molecule has 3 nitrogen and oxygen atoms in total. The van der Waals surface area contributed by atoms with E-state index in [4.69, 9.17) is 9.84 Å². The highest BCUT2D eigenvalue weighted by atomic mass is 16.5. The van der Waals surface area contributed by atoms with E-state index in [1.165, 1.54) is 0 Å². The molecule has 1 aromatic carbocycles. The Bertz CT molecular complexity index is 342. The lowest BCUT2D eigenvalue weighted by Crippen LogP contribution is -1.91. The van der Waals surface area contributed by atoms with Crippen LogP contribution in [-0.4, -0.2) is 25.1 Å². The highest BCUT2D eigenvalue weighted by Gasteiger charge is 1.95. The summed E-state index contributed by atoms with van der Waals surface area (Å²) in [6, 6.07) is 7.27. The summed E-state index contributed by atoms with van der Waals surface area (Å²) >= 11 is 0. The van der Waals surface area contributed by atoms with Crippen molar-refractivity contribution in [2.75, 3.05) is 13.7 Å². The number of aliphatic hydroxyl groups is 1. The fourth-order valence-corrected chi connectivity index (χ4v) is 1.06. The van der Waals surface area contributed by atoms with Gasteiger partial charge < -0.3 is 9.84 Å². The summed E-state index contributed by atoms with van der Waals surface area (Å²) < 4.78 is 5.02. The van der Waals surface area contributed by atoms with E-state index < -0.39 is 0 Å². The van der Waals surface area contributed by atoms with E-state index in [1.54, 1.807) is 19.3 Å². The number of carbonyl (C=O) groups is 1. The van der Waals surface area contributed by atoms with Gasteiger partial charge in [-0.15, -0.1) is 0 Å². The van der Waals surface area contributed by atoms with Crippen molar-refractivity contribution in [1.82, 2.24) is 0 Å². The molecule has 0 radical (unpaired) electrons. The van der Waals surface area contributed by atoms with Gasteiger partial charge in [-0.2, -0.15) is 0 Å². The lowest BCUT2D eigenvalue weighted by atomic mass is 10.1. The molecule has 1 rings (SSSR count). The smallest absolute Gasteiger partial charge is 0.148 e. The Morgan fingerprint density at radius 3 is 2.93 bits per heavy atom. The maximum Gasteiger partial charge on any atom is 0.148 e. The van der Waals surface area contributed by atoms with Crippen LogP contribution >= 0.6 is 0 Å². The zero-order valence-corrected chi connectivity index (χ0v) is 7.93. The number of rotatable bonds is 4. The van der Waals surface area contributed by atoms with Crippen molar-refractivity contribution in [2.45, 2.75) is 0 Å². The number of aldehydes is 1. The first-order chi connectivity index (χ1) is 6.80. The van der Waals surface area contributed by atoms with Gasteiger partial charge in [0.15, 0.2) is 0 Å². The summed E-state index contributed by atoms with van der Waals surface area (Å²) in [4.78, 5) is 10.4. The molecule has 0 fully saturated rings. The molecule has 0 amide bonds. The summed E-state index contributed by atoms with van der Waals surface area (Å²) in [5.41, 5.74) is 1.18. The third-order valence-corrected chi connectivity index (χ3v) is 1.78. The topological polar surface area (TPSA) is 46.5 Å². The molecular weight excluding hydrogens is 180 g/mol. The molecule has 3 heteroatoms. The Labute approximate surface area is 82.6 Å². The number of benzene rings is 1. The van der Waals surface area contributed by atoms with Crippen molar-refractivity contribution in [3.05, 3.63) is 35.4 Å². The van der Waals surface area contributed by atoms with Gasteiger partial charge in [0, 0.05) is 5.57 Å². The van der Waals surface area contributed by atoms with Crippen LogP contribution in [0.3, 0.4) is 0 Å². The minimum Gasteiger partial charge on any atom is -0.497 e. The van der Waals surface area contributed by atoms with Gasteiger partial charge in [-0.3, -0.25) is 4.79 Å². The van der Waals surface area contributed by atoms with Crippen LogP contribution in [0.15, 0.2) is 29.8 Å². The molecule has 0 heterocycles. The molecule has 0 atom stereocenters. The zero-order chi connectivity index (χ0) is 10.4. The molecule has 0 aliphatic heterocycles. The molecule has 0 spiro atoms. The summed E-state index contributed by atoms with van der Waals surface area (Å²) in [6.45, 7) is -0.249.